The van der Waals surface area contributed by atoms with Crippen molar-refractivity contribution in [3.8, 4) is 5.75 Å². The van der Waals surface area contributed by atoms with E-state index in [4.69, 9.17) is 0 Å². The van der Waals surface area contributed by atoms with Gasteiger partial charge in [-0.25, -0.2) is 0 Å². The third-order valence-corrected chi connectivity index (χ3v) is 3.43. The van der Waals surface area contributed by atoms with E-state index < -0.39 is 0 Å². The van der Waals surface area contributed by atoms with Crippen LogP contribution in [-0.2, 0) is 13.2 Å². The molecule has 94 valence electrons. The SMILES string of the molecule is Cc1ncc(CO)c(CN2CCCCC2)c1O. The molecule has 2 N–H and O–H groups in total. The zero-order valence-electron chi connectivity index (χ0n) is 10.3. The molecule has 0 aromatic carbocycles. The minimum absolute atomic E-state index is 0.0655. The molecule has 1 aliphatic rings. The molecule has 1 aromatic heterocycles. The molecule has 1 saturated heterocycles. The van der Waals surface area contributed by atoms with Gasteiger partial charge in [0.2, 0.25) is 0 Å². The highest BCUT2D eigenvalue weighted by atomic mass is 16.3. The molecule has 0 bridgehead atoms. The second-order valence-corrected chi connectivity index (χ2v) is 4.69. The summed E-state index contributed by atoms with van der Waals surface area (Å²) < 4.78 is 0. The largest absolute Gasteiger partial charge is 0.506 e. The van der Waals surface area contributed by atoms with Crippen LogP contribution < -0.4 is 0 Å². The number of rotatable bonds is 3. The number of piperidine rings is 1. The Morgan fingerprint density at radius 1 is 1.29 bits per heavy atom. The Bertz CT molecular complexity index is 387. The number of hydrogen-bond acceptors (Lipinski definition) is 4. The number of hydrogen-bond donors (Lipinski definition) is 2. The molecule has 1 fully saturated rings. The normalized spacial score (nSPS) is 17.3. The van der Waals surface area contributed by atoms with E-state index in [2.05, 4.69) is 9.88 Å². The Labute approximate surface area is 102 Å². The Morgan fingerprint density at radius 2 is 2.00 bits per heavy atom. The smallest absolute Gasteiger partial charge is 0.141 e. The summed E-state index contributed by atoms with van der Waals surface area (Å²) in [5, 5.41) is 19.3. The molecule has 4 nitrogen and oxygen atoms in total. The lowest BCUT2D eigenvalue weighted by molar-refractivity contribution is 0.214. The first-order valence-electron chi connectivity index (χ1n) is 6.22. The summed E-state index contributed by atoms with van der Waals surface area (Å²) in [7, 11) is 0. The zero-order valence-corrected chi connectivity index (χ0v) is 10.3. The van der Waals surface area contributed by atoms with E-state index in [0.717, 1.165) is 24.2 Å². The monoisotopic (exact) mass is 236 g/mol. The number of aromatic hydroxyl groups is 1. The molecule has 0 amide bonds. The maximum Gasteiger partial charge on any atom is 0.141 e. The number of pyridine rings is 1. The molecule has 0 atom stereocenters. The van der Waals surface area contributed by atoms with Crippen molar-refractivity contribution in [3.05, 3.63) is 23.0 Å². The quantitative estimate of drug-likeness (QED) is 0.836. The predicted octanol–water partition coefficient (Wildman–Crippen LogP) is 1.57. The maximum atomic E-state index is 10.0. The van der Waals surface area contributed by atoms with Gasteiger partial charge in [0.15, 0.2) is 0 Å². The summed E-state index contributed by atoms with van der Waals surface area (Å²) in [6, 6.07) is 0. The number of aryl methyl sites for hydroxylation is 1. The molecule has 1 aromatic rings. The first-order valence-corrected chi connectivity index (χ1v) is 6.22. The predicted molar refractivity (Wildman–Crippen MR) is 65.7 cm³/mol. The molecule has 0 unspecified atom stereocenters. The van der Waals surface area contributed by atoms with Crippen LogP contribution in [-0.4, -0.2) is 33.2 Å². The van der Waals surface area contributed by atoms with Gasteiger partial charge in [0.1, 0.15) is 5.75 Å². The third kappa shape index (κ3) is 2.76. The molecule has 1 aliphatic heterocycles. The van der Waals surface area contributed by atoms with E-state index in [1.165, 1.54) is 19.3 Å². The van der Waals surface area contributed by atoms with Gasteiger partial charge < -0.3 is 10.2 Å². The highest BCUT2D eigenvalue weighted by Gasteiger charge is 2.16. The zero-order chi connectivity index (χ0) is 12.3. The van der Waals surface area contributed by atoms with Crippen molar-refractivity contribution >= 4 is 0 Å². The minimum atomic E-state index is -0.0655. The molecule has 4 heteroatoms. The summed E-state index contributed by atoms with van der Waals surface area (Å²) in [6.45, 7) is 4.59. The van der Waals surface area contributed by atoms with E-state index in [9.17, 15) is 10.2 Å². The van der Waals surface area contributed by atoms with Gasteiger partial charge >= 0.3 is 0 Å². The number of likely N-dealkylation sites (tertiary alicyclic amines) is 1. The van der Waals surface area contributed by atoms with Crippen LogP contribution in [0.15, 0.2) is 6.20 Å². The average Bonchev–Trinajstić information content (AvgIpc) is 2.37. The average molecular weight is 236 g/mol. The van der Waals surface area contributed by atoms with Gasteiger partial charge in [-0.2, -0.15) is 0 Å². The summed E-state index contributed by atoms with van der Waals surface area (Å²) >= 11 is 0. The fourth-order valence-corrected chi connectivity index (χ4v) is 2.34. The molecule has 0 spiro atoms. The lowest BCUT2D eigenvalue weighted by Crippen LogP contribution is -2.29. The van der Waals surface area contributed by atoms with E-state index in [0.29, 0.717) is 12.2 Å². The summed E-state index contributed by atoms with van der Waals surface area (Å²) in [5.74, 6) is 0.238. The summed E-state index contributed by atoms with van der Waals surface area (Å²) in [5.41, 5.74) is 2.20. The van der Waals surface area contributed by atoms with Crippen LogP contribution in [0.5, 0.6) is 5.75 Å². The first kappa shape index (κ1) is 12.3. The van der Waals surface area contributed by atoms with Gasteiger partial charge in [-0.15, -0.1) is 0 Å². The Balaban J connectivity index is 2.20. The molecule has 2 rings (SSSR count). The second kappa shape index (κ2) is 5.47. The topological polar surface area (TPSA) is 56.6 Å². The maximum absolute atomic E-state index is 10.0. The van der Waals surface area contributed by atoms with Gasteiger partial charge in [0.25, 0.3) is 0 Å². The van der Waals surface area contributed by atoms with Crippen LogP contribution in [0.25, 0.3) is 0 Å². The van der Waals surface area contributed by atoms with E-state index in [1.54, 1.807) is 13.1 Å². The van der Waals surface area contributed by atoms with Gasteiger partial charge in [-0.05, 0) is 32.9 Å². The Hall–Kier alpha value is -1.13. The number of aliphatic hydroxyl groups excluding tert-OH is 1. The fourth-order valence-electron chi connectivity index (χ4n) is 2.34. The van der Waals surface area contributed by atoms with Crippen molar-refractivity contribution in [1.82, 2.24) is 9.88 Å². The number of nitrogens with zero attached hydrogens (tertiary/aromatic N) is 2. The van der Waals surface area contributed by atoms with Crippen LogP contribution in [0, 0.1) is 6.92 Å². The molecule has 0 saturated carbocycles. The standard InChI is InChI=1S/C13H20N2O2/c1-10-13(17)12(11(9-16)7-14-10)8-15-5-3-2-4-6-15/h7,16-17H,2-6,8-9H2,1H3. The highest BCUT2D eigenvalue weighted by Crippen LogP contribution is 2.26. The van der Waals surface area contributed by atoms with E-state index in [1.807, 2.05) is 0 Å². The second-order valence-electron chi connectivity index (χ2n) is 4.69. The molecular weight excluding hydrogens is 216 g/mol. The van der Waals surface area contributed by atoms with Crippen LogP contribution in [0.2, 0.25) is 0 Å². The number of aromatic nitrogens is 1. The van der Waals surface area contributed by atoms with Crippen molar-refractivity contribution in [2.75, 3.05) is 13.1 Å². The Morgan fingerprint density at radius 3 is 2.65 bits per heavy atom. The van der Waals surface area contributed by atoms with Crippen molar-refractivity contribution in [1.29, 1.82) is 0 Å². The van der Waals surface area contributed by atoms with E-state index >= 15 is 0 Å². The van der Waals surface area contributed by atoms with Crippen molar-refractivity contribution in [2.45, 2.75) is 39.3 Å². The lowest BCUT2D eigenvalue weighted by atomic mass is 10.1. The molecule has 2 heterocycles. The minimum Gasteiger partial charge on any atom is -0.506 e. The molecule has 0 aliphatic carbocycles. The fraction of sp³-hybridized carbons (Fsp3) is 0.615. The highest BCUT2D eigenvalue weighted by molar-refractivity contribution is 5.40. The number of aliphatic hydroxyl groups is 1. The Kier molecular flexibility index (Phi) is 3.97. The molecular formula is C13H20N2O2. The van der Waals surface area contributed by atoms with Crippen LogP contribution in [0.3, 0.4) is 0 Å². The van der Waals surface area contributed by atoms with Crippen LogP contribution in [0.4, 0.5) is 0 Å². The lowest BCUT2D eigenvalue weighted by Gasteiger charge is -2.27. The van der Waals surface area contributed by atoms with Crippen LogP contribution >= 0.6 is 0 Å². The van der Waals surface area contributed by atoms with E-state index in [-0.39, 0.29) is 12.4 Å². The van der Waals surface area contributed by atoms with Crippen molar-refractivity contribution < 1.29 is 10.2 Å². The van der Waals surface area contributed by atoms with Gasteiger partial charge in [0, 0.05) is 23.9 Å². The summed E-state index contributed by atoms with van der Waals surface area (Å²) in [6.07, 6.45) is 5.40. The van der Waals surface area contributed by atoms with Gasteiger partial charge in [-0.3, -0.25) is 9.88 Å². The van der Waals surface area contributed by atoms with Crippen LogP contribution in [0.1, 0.15) is 36.1 Å². The van der Waals surface area contributed by atoms with Crippen molar-refractivity contribution in [2.24, 2.45) is 0 Å². The molecule has 17 heavy (non-hydrogen) atoms. The third-order valence-electron chi connectivity index (χ3n) is 3.43. The van der Waals surface area contributed by atoms with Gasteiger partial charge in [0.05, 0.1) is 12.3 Å². The summed E-state index contributed by atoms with van der Waals surface area (Å²) in [4.78, 5) is 6.41. The van der Waals surface area contributed by atoms with Gasteiger partial charge in [-0.1, -0.05) is 6.42 Å². The van der Waals surface area contributed by atoms with Crippen molar-refractivity contribution in [3.63, 3.8) is 0 Å². The molecule has 0 radical (unpaired) electrons. The first-order chi connectivity index (χ1) is 8.22.